The van der Waals surface area contributed by atoms with Crippen molar-refractivity contribution < 1.29 is 24.0 Å². The third kappa shape index (κ3) is 5.88. The molecule has 2 aromatic rings. The van der Waals surface area contributed by atoms with Gasteiger partial charge in [-0.2, -0.15) is 9.78 Å². The van der Waals surface area contributed by atoms with E-state index in [9.17, 15) is 24.5 Å². The molecule has 34 heavy (non-hydrogen) atoms. The number of ether oxygens (including phenoxy) is 1. The van der Waals surface area contributed by atoms with Gasteiger partial charge in [-0.25, -0.2) is 4.79 Å². The fraction of sp³-hybridized carbons (Fsp3) is 0.550. The number of rotatable bonds is 8. The van der Waals surface area contributed by atoms with Crippen LogP contribution in [0.1, 0.15) is 32.0 Å². The first-order chi connectivity index (χ1) is 16.2. The Labute approximate surface area is 195 Å². The van der Waals surface area contributed by atoms with Crippen LogP contribution in [0.3, 0.4) is 0 Å². The average Bonchev–Trinajstić information content (AvgIpc) is 3.44. The molecule has 2 aromatic heterocycles. The van der Waals surface area contributed by atoms with Crippen molar-refractivity contribution in [3.8, 4) is 0 Å². The Hall–Kier alpha value is -3.97. The summed E-state index contributed by atoms with van der Waals surface area (Å²) in [5, 5.41) is 21.6. The molecule has 1 aliphatic rings. The second-order valence-corrected chi connectivity index (χ2v) is 7.79. The predicted octanol–water partition coefficient (Wildman–Crippen LogP) is 1.19. The van der Waals surface area contributed by atoms with Gasteiger partial charge in [0.05, 0.1) is 41.9 Å². The van der Waals surface area contributed by atoms with Crippen LogP contribution in [0.5, 0.6) is 0 Å². The smallest absolute Gasteiger partial charge is 0.409 e. The van der Waals surface area contributed by atoms with Crippen LogP contribution >= 0.6 is 0 Å². The number of piperazine rings is 1. The number of hydrogen-bond acceptors (Lipinski definition) is 8. The maximum atomic E-state index is 12.9. The van der Waals surface area contributed by atoms with Crippen molar-refractivity contribution in [1.29, 1.82) is 0 Å². The van der Waals surface area contributed by atoms with Crippen molar-refractivity contribution in [2.24, 2.45) is 0 Å². The zero-order valence-corrected chi connectivity index (χ0v) is 19.3. The van der Waals surface area contributed by atoms with Crippen LogP contribution in [0.4, 0.5) is 16.3 Å². The van der Waals surface area contributed by atoms with Crippen molar-refractivity contribution in [1.82, 2.24) is 29.4 Å². The molecule has 1 unspecified atom stereocenters. The van der Waals surface area contributed by atoms with Gasteiger partial charge in [-0.3, -0.25) is 14.3 Å². The molecule has 1 N–H and O–H groups in total. The zero-order valence-electron chi connectivity index (χ0n) is 19.3. The first-order valence-corrected chi connectivity index (χ1v) is 10.9. The van der Waals surface area contributed by atoms with E-state index in [1.807, 2.05) is 0 Å². The predicted molar refractivity (Wildman–Crippen MR) is 119 cm³/mol. The minimum absolute atomic E-state index is 0.0582. The Morgan fingerprint density at radius 3 is 2.50 bits per heavy atom. The quantitative estimate of drug-likeness (QED) is 0.439. The lowest BCUT2D eigenvalue weighted by atomic mass is 10.2. The SMILES string of the molecule is CCOC(=O)N1CCN(C(=O)C(C)n2cc(NC(=O)CCn3ccc([N+](=O)[O-])n3)c(C)n2)CC1. The number of amides is 3. The van der Waals surface area contributed by atoms with Gasteiger partial charge in [0.15, 0.2) is 0 Å². The summed E-state index contributed by atoms with van der Waals surface area (Å²) in [6.07, 6.45) is 2.72. The molecule has 0 aromatic carbocycles. The van der Waals surface area contributed by atoms with E-state index in [-0.39, 0.29) is 36.7 Å². The number of nitro groups is 1. The second-order valence-electron chi connectivity index (χ2n) is 7.79. The first-order valence-electron chi connectivity index (χ1n) is 10.9. The summed E-state index contributed by atoms with van der Waals surface area (Å²) >= 11 is 0. The van der Waals surface area contributed by atoms with Crippen molar-refractivity contribution in [2.45, 2.75) is 39.8 Å². The maximum Gasteiger partial charge on any atom is 0.409 e. The topological polar surface area (TPSA) is 158 Å². The van der Waals surface area contributed by atoms with Gasteiger partial charge < -0.3 is 30.0 Å². The Bertz CT molecular complexity index is 1060. The van der Waals surface area contributed by atoms with E-state index in [1.165, 1.54) is 21.6 Å². The molecule has 1 saturated heterocycles. The van der Waals surface area contributed by atoms with Gasteiger partial charge in [-0.15, -0.1) is 0 Å². The van der Waals surface area contributed by atoms with Gasteiger partial charge in [0.25, 0.3) is 0 Å². The molecule has 3 amide bonds. The van der Waals surface area contributed by atoms with Crippen LogP contribution < -0.4 is 5.32 Å². The summed E-state index contributed by atoms with van der Waals surface area (Å²) in [6.45, 7) is 7.27. The second kappa shape index (κ2) is 10.8. The molecule has 14 nitrogen and oxygen atoms in total. The minimum Gasteiger partial charge on any atom is -0.450 e. The summed E-state index contributed by atoms with van der Waals surface area (Å²) in [7, 11) is 0. The summed E-state index contributed by atoms with van der Waals surface area (Å²) in [5.41, 5.74) is 1.03. The van der Waals surface area contributed by atoms with E-state index in [1.54, 1.807) is 36.8 Å². The van der Waals surface area contributed by atoms with E-state index in [0.717, 1.165) is 0 Å². The van der Waals surface area contributed by atoms with Crippen molar-refractivity contribution in [2.75, 3.05) is 38.1 Å². The fourth-order valence-corrected chi connectivity index (χ4v) is 3.51. The monoisotopic (exact) mass is 476 g/mol. The molecule has 184 valence electrons. The van der Waals surface area contributed by atoms with Gasteiger partial charge in [0.1, 0.15) is 6.04 Å². The lowest BCUT2D eigenvalue weighted by molar-refractivity contribution is -0.389. The summed E-state index contributed by atoms with van der Waals surface area (Å²) in [4.78, 5) is 50.5. The van der Waals surface area contributed by atoms with Crippen molar-refractivity contribution in [3.05, 3.63) is 34.3 Å². The lowest BCUT2D eigenvalue weighted by Crippen LogP contribution is -2.52. The molecule has 1 aliphatic heterocycles. The minimum atomic E-state index is -0.600. The van der Waals surface area contributed by atoms with Crippen LogP contribution in [-0.2, 0) is 20.9 Å². The molecule has 0 radical (unpaired) electrons. The van der Waals surface area contributed by atoms with Crippen LogP contribution in [0.2, 0.25) is 0 Å². The number of carbonyl (C=O) groups is 3. The average molecular weight is 476 g/mol. The third-order valence-corrected chi connectivity index (χ3v) is 5.44. The highest BCUT2D eigenvalue weighted by Crippen LogP contribution is 2.19. The summed E-state index contributed by atoms with van der Waals surface area (Å²) < 4.78 is 7.83. The fourth-order valence-electron chi connectivity index (χ4n) is 3.51. The van der Waals surface area contributed by atoms with Gasteiger partial charge in [0, 0.05) is 38.8 Å². The number of aromatic nitrogens is 4. The molecular formula is C20H28N8O6. The van der Waals surface area contributed by atoms with Crippen LogP contribution in [0.15, 0.2) is 18.5 Å². The Morgan fingerprint density at radius 1 is 1.21 bits per heavy atom. The Kier molecular flexibility index (Phi) is 7.81. The number of nitrogens with zero attached hydrogens (tertiary/aromatic N) is 7. The third-order valence-electron chi connectivity index (χ3n) is 5.44. The van der Waals surface area contributed by atoms with E-state index in [2.05, 4.69) is 15.5 Å². The lowest BCUT2D eigenvalue weighted by Gasteiger charge is -2.35. The van der Waals surface area contributed by atoms with Crippen LogP contribution in [-0.4, -0.2) is 85.0 Å². The van der Waals surface area contributed by atoms with Crippen LogP contribution in [0, 0.1) is 17.0 Å². The molecule has 0 bridgehead atoms. The summed E-state index contributed by atoms with van der Waals surface area (Å²) in [5.74, 6) is -0.725. The highest BCUT2D eigenvalue weighted by Gasteiger charge is 2.29. The number of carbonyl (C=O) groups excluding carboxylic acids is 3. The highest BCUT2D eigenvalue weighted by molar-refractivity contribution is 5.91. The molecule has 0 aliphatic carbocycles. The molecular weight excluding hydrogens is 448 g/mol. The van der Waals surface area contributed by atoms with Gasteiger partial charge in [-0.05, 0) is 25.7 Å². The van der Waals surface area contributed by atoms with Gasteiger partial charge in [0.2, 0.25) is 11.8 Å². The summed E-state index contributed by atoms with van der Waals surface area (Å²) in [6, 6.07) is 0.671. The van der Waals surface area contributed by atoms with E-state index in [4.69, 9.17) is 4.74 Å². The van der Waals surface area contributed by atoms with Gasteiger partial charge in [-0.1, -0.05) is 0 Å². The largest absolute Gasteiger partial charge is 0.450 e. The molecule has 1 fully saturated rings. The number of nitrogens with one attached hydrogen (secondary N) is 1. The molecule has 3 heterocycles. The number of aryl methyl sites for hydroxylation is 2. The molecule has 3 rings (SSSR count). The Morgan fingerprint density at radius 2 is 1.88 bits per heavy atom. The van der Waals surface area contributed by atoms with Crippen molar-refractivity contribution in [3.63, 3.8) is 0 Å². The van der Waals surface area contributed by atoms with Crippen molar-refractivity contribution >= 4 is 29.4 Å². The first kappa shape index (κ1) is 24.7. The molecule has 14 heteroatoms. The molecule has 0 saturated carbocycles. The van der Waals surface area contributed by atoms with E-state index in [0.29, 0.717) is 44.2 Å². The Balaban J connectivity index is 1.53. The van der Waals surface area contributed by atoms with Crippen LogP contribution in [0.25, 0.3) is 0 Å². The number of anilines is 1. The standard InChI is InChI=1S/C20H28N8O6/c1-4-34-20(31)25-11-9-24(10-12-25)19(30)15(3)27-13-16(14(2)22-27)21-18(29)6-8-26-7-5-17(23-26)28(32)33/h5,7,13,15H,4,6,8-12H2,1-3H3,(H,21,29). The number of hydrogen-bond donors (Lipinski definition) is 1. The molecule has 0 spiro atoms. The van der Waals surface area contributed by atoms with E-state index >= 15 is 0 Å². The highest BCUT2D eigenvalue weighted by atomic mass is 16.6. The normalized spacial score (nSPS) is 14.6. The van der Waals surface area contributed by atoms with E-state index < -0.39 is 11.0 Å². The zero-order chi connectivity index (χ0) is 24.8. The maximum absolute atomic E-state index is 12.9. The van der Waals surface area contributed by atoms with Gasteiger partial charge >= 0.3 is 11.9 Å². The molecule has 1 atom stereocenters.